The Bertz CT molecular complexity index is 1140. The average molecular weight is 558 g/mol. The van der Waals surface area contributed by atoms with Crippen LogP contribution in [-0.4, -0.2) is 52.7 Å². The van der Waals surface area contributed by atoms with Gasteiger partial charge < -0.3 is 25.4 Å². The highest BCUT2D eigenvalue weighted by Crippen LogP contribution is 2.30. The summed E-state index contributed by atoms with van der Waals surface area (Å²) in [6.45, 7) is 12.3. The van der Waals surface area contributed by atoms with Crippen LogP contribution in [0.3, 0.4) is 0 Å². The molecular formula is C30H40ClN3O5. The molecule has 212 valence electrons. The summed E-state index contributed by atoms with van der Waals surface area (Å²) in [5, 5.41) is 15.8. The molecule has 0 aliphatic carbocycles. The third-order valence-corrected chi connectivity index (χ3v) is 6.26. The third-order valence-electron chi connectivity index (χ3n) is 5.95. The molecule has 0 aliphatic heterocycles. The van der Waals surface area contributed by atoms with Gasteiger partial charge in [0.15, 0.2) is 0 Å². The molecule has 0 aromatic heterocycles. The maximum atomic E-state index is 14.0. The van der Waals surface area contributed by atoms with E-state index < -0.39 is 42.2 Å². The molecular weight excluding hydrogens is 518 g/mol. The zero-order valence-electron chi connectivity index (χ0n) is 23.4. The fourth-order valence-electron chi connectivity index (χ4n) is 4.04. The number of aryl methyl sites for hydroxylation is 1. The van der Waals surface area contributed by atoms with Gasteiger partial charge in [-0.05, 0) is 62.9 Å². The smallest absolute Gasteiger partial charge is 0.408 e. The molecule has 39 heavy (non-hydrogen) atoms. The summed E-state index contributed by atoms with van der Waals surface area (Å²) in [5.41, 5.74) is 1.73. The Morgan fingerprint density at radius 3 is 2.44 bits per heavy atom. The molecule has 2 rings (SSSR count). The molecule has 0 saturated heterocycles. The first-order chi connectivity index (χ1) is 18.4. The number of aliphatic hydroxyl groups is 1. The van der Waals surface area contributed by atoms with E-state index >= 15 is 0 Å². The number of hydrogen-bond acceptors (Lipinski definition) is 5. The van der Waals surface area contributed by atoms with Crippen LogP contribution in [0.5, 0.6) is 0 Å². The quantitative estimate of drug-likeness (QED) is 0.283. The molecule has 0 spiro atoms. The number of unbranched alkanes of at least 4 members (excludes halogenated alkanes) is 2. The highest BCUT2D eigenvalue weighted by Gasteiger charge is 2.36. The van der Waals surface area contributed by atoms with E-state index in [1.54, 1.807) is 57.2 Å². The topological polar surface area (TPSA) is 108 Å². The van der Waals surface area contributed by atoms with E-state index in [2.05, 4.69) is 17.2 Å². The summed E-state index contributed by atoms with van der Waals surface area (Å²) in [6.07, 6.45) is 3.13. The lowest BCUT2D eigenvalue weighted by Crippen LogP contribution is -2.54. The van der Waals surface area contributed by atoms with Crippen molar-refractivity contribution in [2.24, 2.45) is 0 Å². The highest BCUT2D eigenvalue weighted by molar-refractivity contribution is 6.34. The molecule has 3 N–H and O–H groups in total. The lowest BCUT2D eigenvalue weighted by Gasteiger charge is -2.34. The average Bonchev–Trinajstić information content (AvgIpc) is 2.87. The van der Waals surface area contributed by atoms with Gasteiger partial charge in [-0.15, -0.1) is 0 Å². The van der Waals surface area contributed by atoms with Crippen molar-refractivity contribution < 1.29 is 24.2 Å². The number of alkyl carbamates (subject to hydrolysis) is 1. The molecule has 2 aromatic rings. The fourth-order valence-corrected chi connectivity index (χ4v) is 4.31. The Labute approximate surface area is 236 Å². The molecule has 9 heteroatoms. The van der Waals surface area contributed by atoms with E-state index in [4.69, 9.17) is 16.3 Å². The van der Waals surface area contributed by atoms with Crippen LogP contribution in [0.25, 0.3) is 6.08 Å². The molecule has 2 unspecified atom stereocenters. The normalized spacial score (nSPS) is 12.7. The standard InChI is InChI=1S/C30H40ClN3O5/c1-7-9-10-17-34(28(37)24(19-35)32-29(38)39-30(4,5)6)26(22-15-12-14-21(8-2)18-22)27(36)33-25-20(3)13-11-16-23(25)31/h8,11-16,18,24,26,35H,2,7,9-10,17,19H2,1,3-6H3,(H,32,38)(H,33,36). The van der Waals surface area contributed by atoms with Gasteiger partial charge in [-0.3, -0.25) is 9.59 Å². The summed E-state index contributed by atoms with van der Waals surface area (Å²) in [6, 6.07) is 10.0. The lowest BCUT2D eigenvalue weighted by molar-refractivity contribution is -0.141. The van der Waals surface area contributed by atoms with E-state index in [1.807, 2.05) is 26.0 Å². The number of amides is 3. The molecule has 0 fully saturated rings. The number of ether oxygens (including phenoxy) is 1. The third kappa shape index (κ3) is 9.41. The Balaban J connectivity index is 2.56. The van der Waals surface area contributed by atoms with Gasteiger partial charge in [0, 0.05) is 6.54 Å². The largest absolute Gasteiger partial charge is 0.444 e. The zero-order chi connectivity index (χ0) is 29.2. The Hall–Kier alpha value is -3.36. The van der Waals surface area contributed by atoms with Crippen molar-refractivity contribution in [3.05, 3.63) is 70.8 Å². The van der Waals surface area contributed by atoms with E-state index in [1.165, 1.54) is 4.90 Å². The first-order valence-corrected chi connectivity index (χ1v) is 13.5. The molecule has 0 bridgehead atoms. The molecule has 0 radical (unpaired) electrons. The number of carbonyl (C=O) groups excluding carboxylic acids is 3. The van der Waals surface area contributed by atoms with Crippen LogP contribution in [0, 0.1) is 6.92 Å². The Morgan fingerprint density at radius 1 is 1.15 bits per heavy atom. The SMILES string of the molecule is C=Cc1cccc(C(C(=O)Nc2c(C)cccc2Cl)N(CCCCC)C(=O)C(CO)NC(=O)OC(C)(C)C)c1. The monoisotopic (exact) mass is 557 g/mol. The summed E-state index contributed by atoms with van der Waals surface area (Å²) >= 11 is 6.40. The van der Waals surface area contributed by atoms with Gasteiger partial charge >= 0.3 is 6.09 Å². The second-order valence-corrected chi connectivity index (χ2v) is 10.7. The summed E-state index contributed by atoms with van der Waals surface area (Å²) in [7, 11) is 0. The highest BCUT2D eigenvalue weighted by atomic mass is 35.5. The van der Waals surface area contributed by atoms with Gasteiger partial charge in [0.1, 0.15) is 17.7 Å². The number of nitrogens with zero attached hydrogens (tertiary/aromatic N) is 1. The summed E-state index contributed by atoms with van der Waals surface area (Å²) in [5.74, 6) is -1.09. The van der Waals surface area contributed by atoms with Gasteiger partial charge in [0.05, 0.1) is 17.3 Å². The molecule has 2 aromatic carbocycles. The van der Waals surface area contributed by atoms with Gasteiger partial charge in [-0.25, -0.2) is 4.79 Å². The summed E-state index contributed by atoms with van der Waals surface area (Å²) in [4.78, 5) is 41.7. The first-order valence-electron chi connectivity index (χ1n) is 13.1. The number of hydrogen-bond donors (Lipinski definition) is 3. The van der Waals surface area contributed by atoms with Crippen LogP contribution in [0.4, 0.5) is 10.5 Å². The molecule has 0 aliphatic rings. The number of anilines is 1. The van der Waals surface area contributed by atoms with Crippen molar-refractivity contribution in [1.29, 1.82) is 0 Å². The number of rotatable bonds is 12. The van der Waals surface area contributed by atoms with Crippen molar-refractivity contribution in [3.63, 3.8) is 0 Å². The number of para-hydroxylation sites is 1. The number of nitrogens with one attached hydrogen (secondary N) is 2. The van der Waals surface area contributed by atoms with Gasteiger partial charge in [-0.1, -0.05) is 74.4 Å². The summed E-state index contributed by atoms with van der Waals surface area (Å²) < 4.78 is 5.29. The molecule has 3 amide bonds. The molecule has 0 heterocycles. The maximum Gasteiger partial charge on any atom is 0.408 e. The lowest BCUT2D eigenvalue weighted by atomic mass is 9.99. The molecule has 0 saturated carbocycles. The predicted octanol–water partition coefficient (Wildman–Crippen LogP) is 5.88. The van der Waals surface area contributed by atoms with Gasteiger partial charge in [0.2, 0.25) is 5.91 Å². The minimum absolute atomic E-state index is 0.219. The van der Waals surface area contributed by atoms with Crippen LogP contribution < -0.4 is 10.6 Å². The Morgan fingerprint density at radius 2 is 1.85 bits per heavy atom. The second kappa shape index (κ2) is 14.7. The van der Waals surface area contributed by atoms with E-state index in [0.29, 0.717) is 22.7 Å². The first kappa shape index (κ1) is 31.9. The van der Waals surface area contributed by atoms with Crippen molar-refractivity contribution in [2.45, 2.75) is 71.6 Å². The Kier molecular flexibility index (Phi) is 12.0. The van der Waals surface area contributed by atoms with Crippen LogP contribution in [0.1, 0.15) is 69.7 Å². The van der Waals surface area contributed by atoms with Crippen LogP contribution in [0.15, 0.2) is 49.0 Å². The second-order valence-electron chi connectivity index (χ2n) is 10.3. The van der Waals surface area contributed by atoms with Crippen molar-refractivity contribution >= 4 is 41.3 Å². The van der Waals surface area contributed by atoms with E-state index in [-0.39, 0.29) is 6.54 Å². The van der Waals surface area contributed by atoms with Crippen LogP contribution in [-0.2, 0) is 14.3 Å². The predicted molar refractivity (Wildman–Crippen MR) is 156 cm³/mol. The minimum atomic E-state index is -1.32. The van der Waals surface area contributed by atoms with Crippen LogP contribution >= 0.6 is 11.6 Å². The zero-order valence-corrected chi connectivity index (χ0v) is 24.2. The van der Waals surface area contributed by atoms with Crippen molar-refractivity contribution in [3.8, 4) is 0 Å². The maximum absolute atomic E-state index is 14.0. The number of aliphatic hydroxyl groups excluding tert-OH is 1. The molecule has 8 nitrogen and oxygen atoms in total. The van der Waals surface area contributed by atoms with E-state index in [9.17, 15) is 19.5 Å². The van der Waals surface area contributed by atoms with Gasteiger partial charge in [0.25, 0.3) is 5.91 Å². The molecule has 2 atom stereocenters. The van der Waals surface area contributed by atoms with E-state index in [0.717, 1.165) is 24.0 Å². The van der Waals surface area contributed by atoms with Crippen molar-refractivity contribution in [2.75, 3.05) is 18.5 Å². The fraction of sp³-hybridized carbons (Fsp3) is 0.433. The minimum Gasteiger partial charge on any atom is -0.444 e. The van der Waals surface area contributed by atoms with Crippen LogP contribution in [0.2, 0.25) is 5.02 Å². The van der Waals surface area contributed by atoms with Gasteiger partial charge in [-0.2, -0.15) is 0 Å². The number of carbonyl (C=O) groups is 3. The number of benzene rings is 2. The number of halogens is 1. The van der Waals surface area contributed by atoms with Crippen molar-refractivity contribution in [1.82, 2.24) is 10.2 Å².